The second-order valence-corrected chi connectivity index (χ2v) is 7.88. The minimum atomic E-state index is 0. The van der Waals surface area contributed by atoms with Gasteiger partial charge in [0.1, 0.15) is 0 Å². The summed E-state index contributed by atoms with van der Waals surface area (Å²) in [4.78, 5) is 19.9. The lowest BCUT2D eigenvalue weighted by Crippen LogP contribution is -2.57. The molecule has 0 radical (unpaired) electrons. The summed E-state index contributed by atoms with van der Waals surface area (Å²) in [5.41, 5.74) is 1.84. The van der Waals surface area contributed by atoms with Crippen molar-refractivity contribution in [2.45, 2.75) is 45.7 Å². The Kier molecular flexibility index (Phi) is 7.52. The van der Waals surface area contributed by atoms with Crippen molar-refractivity contribution in [1.29, 1.82) is 5.26 Å². The Balaban J connectivity index is 0.00000261. The van der Waals surface area contributed by atoms with Gasteiger partial charge in [-0.1, -0.05) is 0 Å². The van der Waals surface area contributed by atoms with Crippen LogP contribution in [0.25, 0.3) is 0 Å². The molecule has 0 aromatic heterocycles. The third kappa shape index (κ3) is 4.94. The molecule has 0 saturated carbocycles. The number of rotatable bonds is 3. The Morgan fingerprint density at radius 3 is 2.26 bits per heavy atom. The summed E-state index contributed by atoms with van der Waals surface area (Å²) in [7, 11) is 0. The standard InChI is InChI=1S/C21H30N4O.ClH/c1-16(2)25-13-12-24(15-17(25)3)21(26)19-8-10-23(11-9-19)20-6-4-18(14-22)5-7-20;/h4-7,16-17,19H,8-13,15H2,1-3H3;1H. The van der Waals surface area contributed by atoms with Crippen LogP contribution in [-0.2, 0) is 4.79 Å². The van der Waals surface area contributed by atoms with Crippen molar-refractivity contribution in [3.8, 4) is 6.07 Å². The third-order valence-corrected chi connectivity index (χ3v) is 5.86. The normalized spacial score (nSPS) is 21.7. The van der Waals surface area contributed by atoms with E-state index in [-0.39, 0.29) is 18.3 Å². The summed E-state index contributed by atoms with van der Waals surface area (Å²) in [6.07, 6.45) is 1.83. The number of hydrogen-bond donors (Lipinski definition) is 0. The zero-order valence-corrected chi connectivity index (χ0v) is 17.4. The molecule has 0 N–H and O–H groups in total. The van der Waals surface area contributed by atoms with Crippen molar-refractivity contribution in [2.75, 3.05) is 37.6 Å². The number of carbonyl (C=O) groups excluding carboxylic acids is 1. The van der Waals surface area contributed by atoms with Crippen molar-refractivity contribution in [3.05, 3.63) is 29.8 Å². The molecule has 0 aliphatic carbocycles. The number of benzene rings is 1. The summed E-state index contributed by atoms with van der Waals surface area (Å²) < 4.78 is 0. The largest absolute Gasteiger partial charge is 0.371 e. The molecule has 2 aliphatic heterocycles. The van der Waals surface area contributed by atoms with E-state index in [1.165, 1.54) is 0 Å². The summed E-state index contributed by atoms with van der Waals surface area (Å²) in [5.74, 6) is 0.502. The molecule has 27 heavy (non-hydrogen) atoms. The summed E-state index contributed by atoms with van der Waals surface area (Å²) >= 11 is 0. The molecule has 1 amide bonds. The van der Waals surface area contributed by atoms with E-state index in [2.05, 4.69) is 41.5 Å². The lowest BCUT2D eigenvalue weighted by atomic mass is 9.94. The van der Waals surface area contributed by atoms with Crippen LogP contribution in [0.3, 0.4) is 0 Å². The van der Waals surface area contributed by atoms with E-state index in [0.29, 0.717) is 23.6 Å². The van der Waals surface area contributed by atoms with Crippen LogP contribution in [0.5, 0.6) is 0 Å². The topological polar surface area (TPSA) is 50.6 Å². The Morgan fingerprint density at radius 2 is 1.74 bits per heavy atom. The number of anilines is 1. The first-order chi connectivity index (χ1) is 12.5. The predicted octanol–water partition coefficient (Wildman–Crippen LogP) is 3.14. The van der Waals surface area contributed by atoms with E-state index in [0.717, 1.165) is 51.3 Å². The van der Waals surface area contributed by atoms with E-state index < -0.39 is 0 Å². The molecule has 148 valence electrons. The van der Waals surface area contributed by atoms with E-state index >= 15 is 0 Å². The average Bonchev–Trinajstić information content (AvgIpc) is 2.67. The molecule has 1 unspecified atom stereocenters. The zero-order valence-electron chi connectivity index (χ0n) is 16.6. The molecule has 3 rings (SSSR count). The fourth-order valence-corrected chi connectivity index (χ4v) is 4.33. The summed E-state index contributed by atoms with van der Waals surface area (Å²) in [5, 5.41) is 8.92. The highest BCUT2D eigenvalue weighted by molar-refractivity contribution is 5.85. The van der Waals surface area contributed by atoms with Gasteiger partial charge in [0.2, 0.25) is 5.91 Å². The average molecular weight is 391 g/mol. The molecule has 0 bridgehead atoms. The van der Waals surface area contributed by atoms with Gasteiger partial charge in [-0.2, -0.15) is 5.26 Å². The van der Waals surface area contributed by atoms with Crippen LogP contribution in [0, 0.1) is 17.2 Å². The van der Waals surface area contributed by atoms with Gasteiger partial charge in [-0.15, -0.1) is 12.4 Å². The van der Waals surface area contributed by atoms with Crippen LogP contribution in [-0.4, -0.2) is 60.5 Å². The second-order valence-electron chi connectivity index (χ2n) is 7.88. The molecular weight excluding hydrogens is 360 g/mol. The molecule has 2 heterocycles. The van der Waals surface area contributed by atoms with Gasteiger partial charge in [0.15, 0.2) is 0 Å². The molecule has 5 nitrogen and oxygen atoms in total. The van der Waals surface area contributed by atoms with Crippen LogP contribution in [0.1, 0.15) is 39.2 Å². The predicted molar refractivity (Wildman–Crippen MR) is 111 cm³/mol. The number of nitrogens with zero attached hydrogens (tertiary/aromatic N) is 4. The second kappa shape index (κ2) is 9.43. The van der Waals surface area contributed by atoms with E-state index in [1.807, 2.05) is 24.3 Å². The van der Waals surface area contributed by atoms with E-state index in [9.17, 15) is 4.79 Å². The molecule has 2 saturated heterocycles. The van der Waals surface area contributed by atoms with Gasteiger partial charge in [0.05, 0.1) is 11.6 Å². The number of piperazine rings is 1. The molecule has 2 aliphatic rings. The smallest absolute Gasteiger partial charge is 0.225 e. The summed E-state index contributed by atoms with van der Waals surface area (Å²) in [6.45, 7) is 11.2. The van der Waals surface area contributed by atoms with Crippen LogP contribution in [0.4, 0.5) is 5.69 Å². The van der Waals surface area contributed by atoms with Gasteiger partial charge in [0.25, 0.3) is 0 Å². The maximum atomic E-state index is 13.0. The van der Waals surface area contributed by atoms with Gasteiger partial charge in [-0.05, 0) is 57.9 Å². The molecule has 1 atom stereocenters. The first-order valence-electron chi connectivity index (χ1n) is 9.79. The maximum absolute atomic E-state index is 13.0. The highest BCUT2D eigenvalue weighted by Crippen LogP contribution is 2.26. The van der Waals surface area contributed by atoms with Gasteiger partial charge in [-0.3, -0.25) is 9.69 Å². The molecule has 6 heteroatoms. The minimum absolute atomic E-state index is 0. The Labute approximate surface area is 169 Å². The minimum Gasteiger partial charge on any atom is -0.371 e. The zero-order chi connectivity index (χ0) is 18.7. The molecular formula is C21H31ClN4O. The Bertz CT molecular complexity index is 662. The highest BCUT2D eigenvalue weighted by atomic mass is 35.5. The van der Waals surface area contributed by atoms with Crippen LogP contribution >= 0.6 is 12.4 Å². The van der Waals surface area contributed by atoms with Gasteiger partial charge >= 0.3 is 0 Å². The fraction of sp³-hybridized carbons (Fsp3) is 0.619. The number of piperidine rings is 1. The van der Waals surface area contributed by atoms with Crippen LogP contribution < -0.4 is 4.90 Å². The number of carbonyl (C=O) groups is 1. The first kappa shape index (κ1) is 21.5. The SMILES string of the molecule is CC(C)N1CCN(C(=O)C2CCN(c3ccc(C#N)cc3)CC2)CC1C.Cl. The van der Waals surface area contributed by atoms with Gasteiger partial charge in [-0.25, -0.2) is 0 Å². The number of hydrogen-bond acceptors (Lipinski definition) is 4. The Morgan fingerprint density at radius 1 is 1.11 bits per heavy atom. The Hall–Kier alpha value is -1.77. The lowest BCUT2D eigenvalue weighted by molar-refractivity contribution is -0.139. The van der Waals surface area contributed by atoms with Crippen molar-refractivity contribution >= 4 is 24.0 Å². The number of nitriles is 1. The highest BCUT2D eigenvalue weighted by Gasteiger charge is 2.33. The van der Waals surface area contributed by atoms with Crippen molar-refractivity contribution in [3.63, 3.8) is 0 Å². The van der Waals surface area contributed by atoms with Crippen molar-refractivity contribution in [1.82, 2.24) is 9.80 Å². The van der Waals surface area contributed by atoms with Crippen LogP contribution in [0.15, 0.2) is 24.3 Å². The van der Waals surface area contributed by atoms with Crippen molar-refractivity contribution < 1.29 is 4.79 Å². The van der Waals surface area contributed by atoms with E-state index in [1.54, 1.807) is 0 Å². The molecule has 2 fully saturated rings. The summed E-state index contributed by atoms with van der Waals surface area (Å²) in [6, 6.07) is 10.9. The van der Waals surface area contributed by atoms with Gasteiger partial charge in [0, 0.05) is 56.4 Å². The molecule has 1 aromatic rings. The van der Waals surface area contributed by atoms with E-state index in [4.69, 9.17) is 5.26 Å². The first-order valence-corrected chi connectivity index (χ1v) is 9.79. The monoisotopic (exact) mass is 390 g/mol. The quantitative estimate of drug-likeness (QED) is 0.795. The van der Waals surface area contributed by atoms with Gasteiger partial charge < -0.3 is 9.80 Å². The van der Waals surface area contributed by atoms with Crippen LogP contribution in [0.2, 0.25) is 0 Å². The molecule has 1 aromatic carbocycles. The number of amides is 1. The fourth-order valence-electron chi connectivity index (χ4n) is 4.33. The third-order valence-electron chi connectivity index (χ3n) is 5.86. The molecule has 0 spiro atoms. The van der Waals surface area contributed by atoms with Crippen molar-refractivity contribution in [2.24, 2.45) is 5.92 Å². The maximum Gasteiger partial charge on any atom is 0.225 e. The number of halogens is 1. The lowest BCUT2D eigenvalue weighted by Gasteiger charge is -2.43.